The Kier molecular flexibility index (Phi) is 3.75. The maximum atomic E-state index is 12.8. The number of para-hydroxylation sites is 1. The zero-order valence-corrected chi connectivity index (χ0v) is 12.3. The first-order valence-electron chi connectivity index (χ1n) is 7.17. The van der Waals surface area contributed by atoms with E-state index in [1.165, 1.54) is 0 Å². The summed E-state index contributed by atoms with van der Waals surface area (Å²) >= 11 is 0. The molecule has 0 bridgehead atoms. The Morgan fingerprint density at radius 3 is 2.52 bits per heavy atom. The number of hydrogen-bond donors (Lipinski definition) is 0. The first-order valence-corrected chi connectivity index (χ1v) is 7.17. The van der Waals surface area contributed by atoms with Crippen LogP contribution in [0.2, 0.25) is 0 Å². The van der Waals surface area contributed by atoms with E-state index in [0.717, 1.165) is 5.69 Å². The fourth-order valence-electron chi connectivity index (χ4n) is 2.75. The number of rotatable bonds is 2. The van der Waals surface area contributed by atoms with Crippen LogP contribution in [0.25, 0.3) is 5.69 Å². The fraction of sp³-hybridized carbons (Fsp3) is 0.375. The van der Waals surface area contributed by atoms with Crippen LogP contribution in [0.5, 0.6) is 0 Å². The van der Waals surface area contributed by atoms with Gasteiger partial charge in [-0.05, 0) is 26.0 Å². The molecule has 21 heavy (non-hydrogen) atoms. The van der Waals surface area contributed by atoms with Gasteiger partial charge in [-0.3, -0.25) is 9.36 Å². The van der Waals surface area contributed by atoms with E-state index in [2.05, 4.69) is 4.98 Å². The number of benzene rings is 1. The summed E-state index contributed by atoms with van der Waals surface area (Å²) in [6.45, 7) is 5.21. The number of morpholine rings is 1. The molecule has 2 unspecified atom stereocenters. The molecular weight excluding hydrogens is 266 g/mol. The topological polar surface area (TPSA) is 47.4 Å². The van der Waals surface area contributed by atoms with Crippen LogP contribution in [0.1, 0.15) is 24.3 Å². The van der Waals surface area contributed by atoms with Crippen LogP contribution in [0, 0.1) is 0 Å². The van der Waals surface area contributed by atoms with Gasteiger partial charge in [0.15, 0.2) is 0 Å². The largest absolute Gasteiger partial charge is 0.372 e. The van der Waals surface area contributed by atoms with Gasteiger partial charge in [-0.2, -0.15) is 0 Å². The van der Waals surface area contributed by atoms with Gasteiger partial charge >= 0.3 is 0 Å². The van der Waals surface area contributed by atoms with E-state index in [1.54, 1.807) is 12.5 Å². The van der Waals surface area contributed by atoms with Gasteiger partial charge in [0.25, 0.3) is 5.91 Å². The molecule has 5 heteroatoms. The number of nitrogens with zero attached hydrogens (tertiary/aromatic N) is 3. The van der Waals surface area contributed by atoms with Crippen LogP contribution in [-0.4, -0.2) is 45.7 Å². The molecule has 110 valence electrons. The van der Waals surface area contributed by atoms with Crippen molar-refractivity contribution >= 4 is 5.91 Å². The van der Waals surface area contributed by atoms with E-state index in [1.807, 2.05) is 53.6 Å². The second kappa shape index (κ2) is 5.69. The molecule has 1 aromatic heterocycles. The van der Waals surface area contributed by atoms with Crippen molar-refractivity contribution in [1.82, 2.24) is 14.5 Å². The molecule has 1 aliphatic heterocycles. The Morgan fingerprint density at radius 1 is 1.19 bits per heavy atom. The summed E-state index contributed by atoms with van der Waals surface area (Å²) in [5.74, 6) is -0.00152. The highest BCUT2D eigenvalue weighted by Crippen LogP contribution is 2.17. The smallest absolute Gasteiger partial charge is 0.272 e. The van der Waals surface area contributed by atoms with Gasteiger partial charge in [-0.1, -0.05) is 18.2 Å². The Hall–Kier alpha value is -2.14. The molecule has 0 N–H and O–H groups in total. The van der Waals surface area contributed by atoms with Gasteiger partial charge in [0.1, 0.15) is 5.69 Å². The molecule has 0 spiro atoms. The molecule has 1 aromatic carbocycles. The lowest BCUT2D eigenvalue weighted by Gasteiger charge is -2.35. The molecular formula is C16H19N3O2. The average Bonchev–Trinajstić information content (AvgIpc) is 2.95. The summed E-state index contributed by atoms with van der Waals surface area (Å²) in [5, 5.41) is 0. The Labute approximate surface area is 124 Å². The van der Waals surface area contributed by atoms with E-state index in [0.29, 0.717) is 18.8 Å². The minimum Gasteiger partial charge on any atom is -0.372 e. The lowest BCUT2D eigenvalue weighted by Crippen LogP contribution is -2.48. The van der Waals surface area contributed by atoms with Gasteiger partial charge in [0.05, 0.1) is 24.7 Å². The molecule has 1 aliphatic rings. The molecule has 2 heterocycles. The molecule has 3 rings (SSSR count). The van der Waals surface area contributed by atoms with E-state index < -0.39 is 0 Å². The number of carbonyl (C=O) groups excluding carboxylic acids is 1. The molecule has 1 fully saturated rings. The predicted octanol–water partition coefficient (Wildman–Crippen LogP) is 2.12. The Morgan fingerprint density at radius 2 is 1.86 bits per heavy atom. The van der Waals surface area contributed by atoms with Crippen molar-refractivity contribution in [3.05, 3.63) is 48.5 Å². The molecule has 1 amide bonds. The summed E-state index contributed by atoms with van der Waals surface area (Å²) in [7, 11) is 0. The fourth-order valence-corrected chi connectivity index (χ4v) is 2.75. The van der Waals surface area contributed by atoms with E-state index in [9.17, 15) is 4.79 Å². The number of hydrogen-bond acceptors (Lipinski definition) is 3. The molecule has 2 atom stereocenters. The van der Waals surface area contributed by atoms with Crippen LogP contribution in [0.4, 0.5) is 0 Å². The van der Waals surface area contributed by atoms with Crippen LogP contribution in [0.3, 0.4) is 0 Å². The summed E-state index contributed by atoms with van der Waals surface area (Å²) in [6.07, 6.45) is 3.42. The standard InChI is InChI=1S/C16H19N3O2/c1-12-9-18(10-13(2)21-12)16(20)15-8-17-11-19(15)14-6-4-3-5-7-14/h3-8,11-13H,9-10H2,1-2H3. The second-order valence-corrected chi connectivity index (χ2v) is 5.45. The summed E-state index contributed by atoms with van der Waals surface area (Å²) in [5.41, 5.74) is 1.52. The minimum absolute atomic E-state index is 0.00152. The van der Waals surface area contributed by atoms with Gasteiger partial charge < -0.3 is 9.64 Å². The van der Waals surface area contributed by atoms with Crippen LogP contribution in [0.15, 0.2) is 42.9 Å². The molecule has 1 saturated heterocycles. The van der Waals surface area contributed by atoms with E-state index >= 15 is 0 Å². The van der Waals surface area contributed by atoms with Crippen molar-refractivity contribution < 1.29 is 9.53 Å². The van der Waals surface area contributed by atoms with Gasteiger partial charge in [0.2, 0.25) is 0 Å². The predicted molar refractivity (Wildman–Crippen MR) is 79.5 cm³/mol. The maximum absolute atomic E-state index is 12.8. The SMILES string of the molecule is CC1CN(C(=O)c2cncn2-c2ccccc2)CC(C)O1. The molecule has 5 nitrogen and oxygen atoms in total. The Bertz CT molecular complexity index is 613. The highest BCUT2D eigenvalue weighted by Gasteiger charge is 2.28. The normalized spacial score (nSPS) is 22.3. The van der Waals surface area contributed by atoms with Gasteiger partial charge in [-0.15, -0.1) is 0 Å². The van der Waals surface area contributed by atoms with Crippen molar-refractivity contribution in [1.29, 1.82) is 0 Å². The zero-order chi connectivity index (χ0) is 14.8. The second-order valence-electron chi connectivity index (χ2n) is 5.45. The van der Waals surface area contributed by atoms with Crippen molar-refractivity contribution in [2.75, 3.05) is 13.1 Å². The minimum atomic E-state index is -0.00152. The van der Waals surface area contributed by atoms with Crippen LogP contribution >= 0.6 is 0 Å². The van der Waals surface area contributed by atoms with E-state index in [-0.39, 0.29) is 18.1 Å². The van der Waals surface area contributed by atoms with E-state index in [4.69, 9.17) is 4.74 Å². The van der Waals surface area contributed by atoms with Gasteiger partial charge in [0, 0.05) is 18.8 Å². The number of aromatic nitrogens is 2. The molecule has 0 aliphatic carbocycles. The summed E-state index contributed by atoms with van der Waals surface area (Å²) in [6, 6.07) is 9.77. The number of ether oxygens (including phenoxy) is 1. The van der Waals surface area contributed by atoms with Crippen molar-refractivity contribution in [3.8, 4) is 5.69 Å². The van der Waals surface area contributed by atoms with Crippen LogP contribution < -0.4 is 0 Å². The first kappa shape index (κ1) is 13.8. The highest BCUT2D eigenvalue weighted by molar-refractivity contribution is 5.93. The molecule has 2 aromatic rings. The average molecular weight is 285 g/mol. The highest BCUT2D eigenvalue weighted by atomic mass is 16.5. The first-order chi connectivity index (χ1) is 10.1. The third kappa shape index (κ3) is 2.83. The lowest BCUT2D eigenvalue weighted by molar-refractivity contribution is -0.0587. The van der Waals surface area contributed by atoms with Crippen molar-refractivity contribution in [3.63, 3.8) is 0 Å². The third-order valence-corrected chi connectivity index (χ3v) is 3.60. The van der Waals surface area contributed by atoms with Gasteiger partial charge in [-0.25, -0.2) is 4.98 Å². The zero-order valence-electron chi connectivity index (χ0n) is 12.3. The quantitative estimate of drug-likeness (QED) is 0.849. The van der Waals surface area contributed by atoms with Crippen molar-refractivity contribution in [2.45, 2.75) is 26.1 Å². The molecule has 0 radical (unpaired) electrons. The van der Waals surface area contributed by atoms with Crippen molar-refractivity contribution in [2.24, 2.45) is 0 Å². The number of imidazole rings is 1. The number of carbonyl (C=O) groups is 1. The molecule has 0 saturated carbocycles. The maximum Gasteiger partial charge on any atom is 0.272 e. The summed E-state index contributed by atoms with van der Waals surface area (Å²) in [4.78, 5) is 18.7. The van der Waals surface area contributed by atoms with Crippen LogP contribution in [-0.2, 0) is 4.74 Å². The summed E-state index contributed by atoms with van der Waals surface area (Å²) < 4.78 is 7.51. The number of amides is 1. The monoisotopic (exact) mass is 285 g/mol. The third-order valence-electron chi connectivity index (χ3n) is 3.60. The lowest BCUT2D eigenvalue weighted by atomic mass is 10.2. The Balaban J connectivity index is 1.88.